The topological polar surface area (TPSA) is 125 Å². The molecule has 0 heterocycles. The molecular formula is C14H24BN5O3. The van der Waals surface area contributed by atoms with Gasteiger partial charge in [0, 0.05) is 17.8 Å². The van der Waals surface area contributed by atoms with Crippen molar-refractivity contribution >= 4 is 26.0 Å². The van der Waals surface area contributed by atoms with Gasteiger partial charge in [-0.2, -0.15) is 10.2 Å². The van der Waals surface area contributed by atoms with Crippen LogP contribution in [0.3, 0.4) is 0 Å². The highest BCUT2D eigenvalue weighted by Crippen LogP contribution is 2.18. The summed E-state index contributed by atoms with van der Waals surface area (Å²) in [6, 6.07) is 0. The number of rotatable bonds is 9. The van der Waals surface area contributed by atoms with Crippen molar-refractivity contribution in [3.05, 3.63) is 35.0 Å². The molecule has 0 aliphatic heterocycles. The molecule has 0 aromatic carbocycles. The van der Waals surface area contributed by atoms with Gasteiger partial charge in [0.1, 0.15) is 5.76 Å². The number of nitrogens with two attached hydrogens (primary N) is 1. The molecule has 0 atom stereocenters. The van der Waals surface area contributed by atoms with Gasteiger partial charge in [0.25, 0.3) is 0 Å². The molecule has 23 heavy (non-hydrogen) atoms. The molecule has 0 aliphatic carbocycles. The maximum Gasteiger partial charge on any atom is 0.492 e. The number of allylic oxidation sites excluding steroid dienone is 4. The van der Waals surface area contributed by atoms with Crippen LogP contribution in [-0.2, 0) is 4.74 Å². The number of nitrogens with zero attached hydrogens (tertiary/aromatic N) is 3. The predicted molar refractivity (Wildman–Crippen MR) is 94.8 cm³/mol. The fourth-order valence-corrected chi connectivity index (χ4v) is 1.46. The van der Waals surface area contributed by atoms with Crippen LogP contribution in [0.4, 0.5) is 0 Å². The second-order valence-electron chi connectivity index (χ2n) is 4.75. The molecule has 0 bridgehead atoms. The third-order valence-electron chi connectivity index (χ3n) is 2.30. The number of hydrogen-bond donors (Lipinski definition) is 4. The van der Waals surface area contributed by atoms with Crippen LogP contribution in [0.5, 0.6) is 0 Å². The first-order valence-electron chi connectivity index (χ1n) is 6.98. The Kier molecular flexibility index (Phi) is 10.1. The van der Waals surface area contributed by atoms with E-state index in [0.717, 1.165) is 12.0 Å². The van der Waals surface area contributed by atoms with Crippen LogP contribution in [0.2, 0.25) is 0 Å². The van der Waals surface area contributed by atoms with Gasteiger partial charge < -0.3 is 20.5 Å². The summed E-state index contributed by atoms with van der Waals surface area (Å²) < 4.78 is 5.58. The van der Waals surface area contributed by atoms with E-state index in [4.69, 9.17) is 10.5 Å². The molecule has 0 saturated carbocycles. The number of ether oxygens (including phenoxy) is 1. The van der Waals surface area contributed by atoms with E-state index in [1.54, 1.807) is 6.08 Å². The molecule has 8 nitrogen and oxygen atoms in total. The van der Waals surface area contributed by atoms with Crippen LogP contribution in [0.25, 0.3) is 0 Å². The van der Waals surface area contributed by atoms with Crippen molar-refractivity contribution in [3.8, 4) is 0 Å². The van der Waals surface area contributed by atoms with E-state index in [2.05, 4.69) is 34.0 Å². The van der Waals surface area contributed by atoms with Gasteiger partial charge >= 0.3 is 7.12 Å². The summed E-state index contributed by atoms with van der Waals surface area (Å²) >= 11 is 0. The molecule has 0 rings (SSSR count). The minimum Gasteiger partial charge on any atom is -0.493 e. The summed E-state index contributed by atoms with van der Waals surface area (Å²) in [5.41, 5.74) is 9.13. The van der Waals surface area contributed by atoms with Crippen molar-refractivity contribution < 1.29 is 14.8 Å². The van der Waals surface area contributed by atoms with E-state index in [9.17, 15) is 10.0 Å². The van der Waals surface area contributed by atoms with E-state index in [1.807, 2.05) is 20.8 Å². The zero-order valence-electron chi connectivity index (χ0n) is 13.8. The van der Waals surface area contributed by atoms with Gasteiger partial charge in [0.2, 0.25) is 5.96 Å². The minimum atomic E-state index is -1.71. The van der Waals surface area contributed by atoms with Crippen LogP contribution in [0.1, 0.15) is 27.2 Å². The lowest BCUT2D eigenvalue weighted by atomic mass is 9.76. The van der Waals surface area contributed by atoms with E-state index in [-0.39, 0.29) is 17.2 Å². The average Bonchev–Trinajstić information content (AvgIpc) is 2.46. The second kappa shape index (κ2) is 11.2. The van der Waals surface area contributed by atoms with Gasteiger partial charge in [-0.1, -0.05) is 25.2 Å². The summed E-state index contributed by atoms with van der Waals surface area (Å²) in [7, 11) is -1.71. The first-order valence-corrected chi connectivity index (χ1v) is 6.98. The molecule has 0 aliphatic rings. The van der Waals surface area contributed by atoms with Crippen molar-refractivity contribution in [1.82, 2.24) is 5.43 Å². The van der Waals surface area contributed by atoms with Crippen LogP contribution >= 0.6 is 0 Å². The lowest BCUT2D eigenvalue weighted by Crippen LogP contribution is -2.26. The van der Waals surface area contributed by atoms with Gasteiger partial charge in [-0.3, -0.25) is 0 Å². The van der Waals surface area contributed by atoms with Crippen LogP contribution in [0, 0.1) is 0 Å². The van der Waals surface area contributed by atoms with E-state index >= 15 is 0 Å². The Labute approximate surface area is 137 Å². The second-order valence-corrected chi connectivity index (χ2v) is 4.75. The third kappa shape index (κ3) is 8.59. The molecule has 126 valence electrons. The molecule has 0 spiro atoms. The highest BCUT2D eigenvalue weighted by molar-refractivity contribution is 6.52. The smallest absolute Gasteiger partial charge is 0.492 e. The van der Waals surface area contributed by atoms with Crippen LogP contribution in [0.15, 0.2) is 50.3 Å². The third-order valence-corrected chi connectivity index (χ3v) is 2.30. The fraction of sp³-hybridized carbons (Fsp3) is 0.357. The summed E-state index contributed by atoms with van der Waals surface area (Å²) in [5.74, 6) is 0.186. The average molecular weight is 321 g/mol. The molecule has 0 amide bonds. The van der Waals surface area contributed by atoms with Gasteiger partial charge in [0.15, 0.2) is 0 Å². The summed E-state index contributed by atoms with van der Waals surface area (Å²) in [6.45, 7) is 13.0. The summed E-state index contributed by atoms with van der Waals surface area (Å²) in [6.07, 6.45) is 3.65. The quantitative estimate of drug-likeness (QED) is 0.124. The molecular weight excluding hydrogens is 297 g/mol. The standard InChI is InChI=1S/C14H24BN5O3/c1-6-7-23-13(12(15(21)22)8-10(2)3)11(4)9-18-20-14(16)19-17-5/h8-9,21-22H,4-7H2,1-3H3,(H3,16,19,20)/b13-12-,18-9-. The van der Waals surface area contributed by atoms with Crippen molar-refractivity contribution in [1.29, 1.82) is 0 Å². The van der Waals surface area contributed by atoms with Crippen LogP contribution in [-0.4, -0.2) is 42.7 Å². The summed E-state index contributed by atoms with van der Waals surface area (Å²) in [4.78, 5) is 0. The van der Waals surface area contributed by atoms with Crippen LogP contribution < -0.4 is 11.2 Å². The molecule has 9 heteroatoms. The number of hydrogen-bond acceptors (Lipinski definition) is 6. The van der Waals surface area contributed by atoms with Gasteiger partial charge in [-0.15, -0.1) is 5.10 Å². The Hall–Kier alpha value is -2.39. The molecule has 5 N–H and O–H groups in total. The number of nitrogens with one attached hydrogen (secondary N) is 1. The Morgan fingerprint density at radius 3 is 2.52 bits per heavy atom. The molecule has 0 saturated heterocycles. The van der Waals surface area contributed by atoms with Crippen molar-refractivity contribution in [2.45, 2.75) is 27.2 Å². The maximum absolute atomic E-state index is 9.57. The van der Waals surface area contributed by atoms with Crippen molar-refractivity contribution in [3.63, 3.8) is 0 Å². The number of guanidine groups is 1. The van der Waals surface area contributed by atoms with Crippen molar-refractivity contribution in [2.24, 2.45) is 21.0 Å². The largest absolute Gasteiger partial charge is 0.493 e. The Morgan fingerprint density at radius 2 is 2.04 bits per heavy atom. The van der Waals surface area contributed by atoms with Gasteiger partial charge in [-0.05, 0) is 20.3 Å². The molecule has 0 fully saturated rings. The highest BCUT2D eigenvalue weighted by Gasteiger charge is 2.20. The molecule has 0 radical (unpaired) electrons. The Bertz CT molecular complexity index is 535. The van der Waals surface area contributed by atoms with E-state index in [1.165, 1.54) is 6.21 Å². The molecule has 0 aromatic rings. The lowest BCUT2D eigenvalue weighted by Gasteiger charge is -2.14. The Morgan fingerprint density at radius 1 is 1.39 bits per heavy atom. The van der Waals surface area contributed by atoms with E-state index in [0.29, 0.717) is 12.2 Å². The first kappa shape index (κ1) is 20.6. The molecule has 0 unspecified atom stereocenters. The highest BCUT2D eigenvalue weighted by atomic mass is 16.5. The minimum absolute atomic E-state index is 0.0456. The zero-order chi connectivity index (χ0) is 17.8. The van der Waals surface area contributed by atoms with Gasteiger partial charge in [-0.25, -0.2) is 5.43 Å². The van der Waals surface area contributed by atoms with Crippen molar-refractivity contribution in [2.75, 3.05) is 6.61 Å². The summed E-state index contributed by atoms with van der Waals surface area (Å²) in [5, 5.41) is 29.8. The first-order chi connectivity index (χ1) is 10.8. The SMILES string of the molecule is C=NNC(N)=N/N=C\C(=C)/C(OCCC)=C(\C=C(C)C)B(O)O. The normalized spacial score (nSPS) is 12.5. The maximum atomic E-state index is 9.57. The zero-order valence-corrected chi connectivity index (χ0v) is 13.8. The van der Waals surface area contributed by atoms with Gasteiger partial charge in [0.05, 0.1) is 12.8 Å². The Balaban J connectivity index is 5.56. The lowest BCUT2D eigenvalue weighted by molar-refractivity contribution is 0.220. The van der Waals surface area contributed by atoms with E-state index < -0.39 is 7.12 Å². The number of hydrazone groups is 1. The fourth-order valence-electron chi connectivity index (χ4n) is 1.46. The molecule has 0 aromatic heterocycles. The predicted octanol–water partition coefficient (Wildman–Crippen LogP) is 0.707. The monoisotopic (exact) mass is 321 g/mol.